The molecule has 1 aromatic rings. The number of nitrogens with zero attached hydrogens (tertiary/aromatic N) is 1. The Morgan fingerprint density at radius 1 is 1.33 bits per heavy atom. The molecule has 4 nitrogen and oxygen atoms in total. The van der Waals surface area contributed by atoms with Gasteiger partial charge in [0.15, 0.2) is 6.61 Å². The van der Waals surface area contributed by atoms with Crippen molar-refractivity contribution in [3.63, 3.8) is 0 Å². The average molecular weight is 251 g/mol. The van der Waals surface area contributed by atoms with E-state index in [1.807, 2.05) is 38.1 Å². The van der Waals surface area contributed by atoms with E-state index in [1.54, 1.807) is 11.9 Å². The third kappa shape index (κ3) is 4.37. The van der Waals surface area contributed by atoms with Gasteiger partial charge in [-0.3, -0.25) is 4.79 Å². The Labute approximate surface area is 108 Å². The van der Waals surface area contributed by atoms with Crippen LogP contribution in [0.3, 0.4) is 0 Å². The summed E-state index contributed by atoms with van der Waals surface area (Å²) in [6.45, 7) is 4.11. The van der Waals surface area contributed by atoms with Crippen molar-refractivity contribution in [2.45, 2.75) is 26.3 Å². The number of likely N-dealkylation sites (N-methyl/N-ethyl adjacent to an activating group) is 1. The molecule has 0 atom stereocenters. The van der Waals surface area contributed by atoms with Crippen LogP contribution in [0.5, 0.6) is 5.75 Å². The van der Waals surface area contributed by atoms with Gasteiger partial charge in [0.2, 0.25) is 0 Å². The lowest BCUT2D eigenvalue weighted by molar-refractivity contribution is -0.133. The first kappa shape index (κ1) is 14.5. The summed E-state index contributed by atoms with van der Waals surface area (Å²) in [7, 11) is 1.76. The van der Waals surface area contributed by atoms with Crippen LogP contribution in [0.25, 0.3) is 0 Å². The van der Waals surface area contributed by atoms with Gasteiger partial charge in [0, 0.05) is 19.7 Å². The van der Waals surface area contributed by atoms with Crippen molar-refractivity contribution in [2.75, 3.05) is 20.3 Å². The Morgan fingerprint density at radius 3 is 2.44 bits per heavy atom. The number of rotatable bonds is 6. The molecule has 0 saturated heterocycles. The molecular formula is C14H21NO3. The first-order chi connectivity index (χ1) is 8.54. The highest BCUT2D eigenvalue weighted by Crippen LogP contribution is 2.12. The molecule has 0 aliphatic carbocycles. The second kappa shape index (κ2) is 7.01. The number of aliphatic hydroxyl groups excluding tert-OH is 1. The molecule has 0 aromatic heterocycles. The van der Waals surface area contributed by atoms with Crippen molar-refractivity contribution < 1.29 is 14.6 Å². The molecule has 1 amide bonds. The molecule has 0 spiro atoms. The van der Waals surface area contributed by atoms with Crippen LogP contribution in [-0.4, -0.2) is 42.2 Å². The number of ether oxygens (including phenoxy) is 1. The van der Waals surface area contributed by atoms with Gasteiger partial charge in [-0.1, -0.05) is 12.1 Å². The van der Waals surface area contributed by atoms with E-state index in [0.717, 1.165) is 5.56 Å². The molecule has 0 bridgehead atoms. The van der Waals surface area contributed by atoms with Crippen molar-refractivity contribution in [1.29, 1.82) is 0 Å². The molecule has 0 radical (unpaired) electrons. The van der Waals surface area contributed by atoms with Gasteiger partial charge in [0.1, 0.15) is 5.75 Å². The first-order valence-electron chi connectivity index (χ1n) is 6.13. The number of hydrogen-bond acceptors (Lipinski definition) is 3. The van der Waals surface area contributed by atoms with Gasteiger partial charge in [0.05, 0.1) is 0 Å². The maximum Gasteiger partial charge on any atom is 0.260 e. The minimum atomic E-state index is -0.0376. The van der Waals surface area contributed by atoms with Crippen LogP contribution in [0.2, 0.25) is 0 Å². The lowest BCUT2D eigenvalue weighted by atomic mass is 10.1. The highest BCUT2D eigenvalue weighted by molar-refractivity contribution is 5.77. The minimum Gasteiger partial charge on any atom is -0.484 e. The van der Waals surface area contributed by atoms with Gasteiger partial charge in [-0.25, -0.2) is 0 Å². The lowest BCUT2D eigenvalue weighted by Gasteiger charge is -2.21. The Kier molecular flexibility index (Phi) is 5.65. The van der Waals surface area contributed by atoms with Crippen LogP contribution in [-0.2, 0) is 11.2 Å². The van der Waals surface area contributed by atoms with Crippen LogP contribution in [0.4, 0.5) is 0 Å². The zero-order valence-corrected chi connectivity index (χ0v) is 11.2. The van der Waals surface area contributed by atoms with E-state index in [-0.39, 0.29) is 25.2 Å². The zero-order chi connectivity index (χ0) is 13.5. The average Bonchev–Trinajstić information content (AvgIpc) is 2.37. The fraction of sp³-hybridized carbons (Fsp3) is 0.500. The fourth-order valence-corrected chi connectivity index (χ4v) is 1.42. The molecule has 0 saturated carbocycles. The summed E-state index contributed by atoms with van der Waals surface area (Å²) in [5.41, 5.74) is 1.05. The predicted molar refractivity (Wildman–Crippen MR) is 70.6 cm³/mol. The van der Waals surface area contributed by atoms with Crippen LogP contribution >= 0.6 is 0 Å². The van der Waals surface area contributed by atoms with E-state index in [4.69, 9.17) is 9.84 Å². The lowest BCUT2D eigenvalue weighted by Crippen LogP contribution is -2.36. The SMILES string of the molecule is CC(C)N(C)C(=O)COc1ccc(CCO)cc1. The quantitative estimate of drug-likeness (QED) is 0.833. The molecular weight excluding hydrogens is 230 g/mol. The van der Waals surface area contributed by atoms with Crippen LogP contribution in [0, 0.1) is 0 Å². The second-order valence-corrected chi connectivity index (χ2v) is 4.50. The summed E-state index contributed by atoms with van der Waals surface area (Å²) >= 11 is 0. The number of benzene rings is 1. The van der Waals surface area contributed by atoms with Gasteiger partial charge in [-0.15, -0.1) is 0 Å². The molecule has 1 N–H and O–H groups in total. The highest BCUT2D eigenvalue weighted by Gasteiger charge is 2.12. The van der Waals surface area contributed by atoms with Crippen molar-refractivity contribution >= 4 is 5.91 Å². The Hall–Kier alpha value is -1.55. The van der Waals surface area contributed by atoms with E-state index in [1.165, 1.54) is 0 Å². The summed E-state index contributed by atoms with van der Waals surface area (Å²) in [6, 6.07) is 7.58. The smallest absolute Gasteiger partial charge is 0.260 e. The van der Waals surface area contributed by atoms with Gasteiger partial charge < -0.3 is 14.7 Å². The third-order valence-corrected chi connectivity index (χ3v) is 2.85. The number of carbonyl (C=O) groups is 1. The molecule has 0 heterocycles. The molecule has 0 unspecified atom stereocenters. The Bertz CT molecular complexity index is 373. The normalized spacial score (nSPS) is 10.5. The molecule has 0 fully saturated rings. The second-order valence-electron chi connectivity index (χ2n) is 4.50. The topological polar surface area (TPSA) is 49.8 Å². The van der Waals surface area contributed by atoms with E-state index >= 15 is 0 Å². The minimum absolute atomic E-state index is 0.0376. The summed E-state index contributed by atoms with van der Waals surface area (Å²) in [5, 5.41) is 8.80. The van der Waals surface area contributed by atoms with Crippen molar-refractivity contribution in [2.24, 2.45) is 0 Å². The van der Waals surface area contributed by atoms with Crippen molar-refractivity contribution in [3.8, 4) is 5.75 Å². The largest absolute Gasteiger partial charge is 0.484 e. The summed E-state index contributed by atoms with van der Waals surface area (Å²) in [4.78, 5) is 13.3. The molecule has 1 aromatic carbocycles. The Balaban J connectivity index is 2.46. The number of amides is 1. The number of aliphatic hydroxyl groups is 1. The fourth-order valence-electron chi connectivity index (χ4n) is 1.42. The molecule has 18 heavy (non-hydrogen) atoms. The van der Waals surface area contributed by atoms with E-state index in [2.05, 4.69) is 0 Å². The zero-order valence-electron chi connectivity index (χ0n) is 11.2. The first-order valence-corrected chi connectivity index (χ1v) is 6.13. The van der Waals surface area contributed by atoms with E-state index < -0.39 is 0 Å². The van der Waals surface area contributed by atoms with Gasteiger partial charge >= 0.3 is 0 Å². The monoisotopic (exact) mass is 251 g/mol. The molecule has 1 rings (SSSR count). The van der Waals surface area contributed by atoms with Gasteiger partial charge in [-0.05, 0) is 38.0 Å². The number of carbonyl (C=O) groups excluding carboxylic acids is 1. The summed E-state index contributed by atoms with van der Waals surface area (Å²) in [5.74, 6) is 0.631. The summed E-state index contributed by atoms with van der Waals surface area (Å²) in [6.07, 6.45) is 0.634. The molecule has 4 heteroatoms. The van der Waals surface area contributed by atoms with Crippen molar-refractivity contribution in [3.05, 3.63) is 29.8 Å². The third-order valence-electron chi connectivity index (χ3n) is 2.85. The predicted octanol–water partition coefficient (Wildman–Crippen LogP) is 1.47. The van der Waals surface area contributed by atoms with Crippen LogP contribution in [0.15, 0.2) is 24.3 Å². The maximum atomic E-state index is 11.7. The van der Waals surface area contributed by atoms with Crippen LogP contribution in [0.1, 0.15) is 19.4 Å². The van der Waals surface area contributed by atoms with Gasteiger partial charge in [-0.2, -0.15) is 0 Å². The standard InChI is InChI=1S/C14H21NO3/c1-11(2)15(3)14(17)10-18-13-6-4-12(5-7-13)8-9-16/h4-7,11,16H,8-10H2,1-3H3. The van der Waals surface area contributed by atoms with Crippen LogP contribution < -0.4 is 4.74 Å². The molecule has 100 valence electrons. The molecule has 0 aliphatic heterocycles. The highest BCUT2D eigenvalue weighted by atomic mass is 16.5. The number of hydrogen-bond donors (Lipinski definition) is 1. The summed E-state index contributed by atoms with van der Waals surface area (Å²) < 4.78 is 5.42. The van der Waals surface area contributed by atoms with E-state index in [9.17, 15) is 4.79 Å². The Morgan fingerprint density at radius 2 is 1.94 bits per heavy atom. The molecule has 0 aliphatic rings. The van der Waals surface area contributed by atoms with Crippen molar-refractivity contribution in [1.82, 2.24) is 4.90 Å². The van der Waals surface area contributed by atoms with Gasteiger partial charge in [0.25, 0.3) is 5.91 Å². The maximum absolute atomic E-state index is 11.7. The van der Waals surface area contributed by atoms with E-state index in [0.29, 0.717) is 12.2 Å².